The Bertz CT molecular complexity index is 147. The summed E-state index contributed by atoms with van der Waals surface area (Å²) in [6.07, 6.45) is 0. The second-order valence-corrected chi connectivity index (χ2v) is 4.40. The summed E-state index contributed by atoms with van der Waals surface area (Å²) in [6, 6.07) is 0. The molecule has 0 fully saturated rings. The summed E-state index contributed by atoms with van der Waals surface area (Å²) in [4.78, 5) is 0. The lowest BCUT2D eigenvalue weighted by Crippen LogP contribution is -2.32. The zero-order valence-electron chi connectivity index (χ0n) is 7.50. The van der Waals surface area contributed by atoms with Crippen molar-refractivity contribution in [3.63, 3.8) is 0 Å². The van der Waals surface area contributed by atoms with Crippen LogP contribution in [0.25, 0.3) is 0 Å². The third-order valence-electron chi connectivity index (χ3n) is 1.53. The maximum atomic E-state index is 11.6. The zero-order chi connectivity index (χ0) is 8.91. The minimum atomic E-state index is -2.72. The highest BCUT2D eigenvalue weighted by molar-refractivity contribution is 7.56. The zero-order valence-corrected chi connectivity index (χ0v) is 8.40. The molecule has 1 unspecified atom stereocenters. The number of hydrogen-bond donors (Lipinski definition) is 2. The van der Waals surface area contributed by atoms with E-state index in [-0.39, 0.29) is 0 Å². The van der Waals surface area contributed by atoms with Crippen LogP contribution in [0.1, 0.15) is 20.8 Å². The van der Waals surface area contributed by atoms with Crippen LogP contribution in [-0.4, -0.2) is 24.3 Å². The Kier molecular flexibility index (Phi) is 4.93. The van der Waals surface area contributed by atoms with Gasteiger partial charge in [0.1, 0.15) is 0 Å². The van der Waals surface area contributed by atoms with E-state index in [0.717, 1.165) is 13.1 Å². The Hall–Kier alpha value is 0.110. The molecule has 0 rings (SSSR count). The van der Waals surface area contributed by atoms with Gasteiger partial charge in [0.25, 0.3) is 7.59 Å². The average molecular weight is 179 g/mol. The van der Waals surface area contributed by atoms with Gasteiger partial charge in [0.2, 0.25) is 0 Å². The van der Waals surface area contributed by atoms with Gasteiger partial charge in [-0.1, -0.05) is 20.8 Å². The SMILES string of the molecule is CCNP(N)(=O)N(CC)CC. The molecule has 0 aliphatic rings. The lowest BCUT2D eigenvalue weighted by Gasteiger charge is -2.25. The smallest absolute Gasteiger partial charge is 0.271 e. The van der Waals surface area contributed by atoms with E-state index in [4.69, 9.17) is 5.50 Å². The molecule has 0 aliphatic heterocycles. The van der Waals surface area contributed by atoms with Gasteiger partial charge in [-0.05, 0) is 0 Å². The van der Waals surface area contributed by atoms with Crippen LogP contribution in [0.2, 0.25) is 0 Å². The summed E-state index contributed by atoms with van der Waals surface area (Å²) < 4.78 is 13.3. The van der Waals surface area contributed by atoms with Crippen molar-refractivity contribution >= 4 is 7.59 Å². The third kappa shape index (κ3) is 3.34. The highest BCUT2D eigenvalue weighted by Crippen LogP contribution is 2.34. The van der Waals surface area contributed by atoms with Gasteiger partial charge in [0, 0.05) is 19.6 Å². The summed E-state index contributed by atoms with van der Waals surface area (Å²) in [6.45, 7) is 7.86. The Morgan fingerprint density at radius 1 is 1.36 bits per heavy atom. The van der Waals surface area contributed by atoms with Crippen molar-refractivity contribution in [1.29, 1.82) is 0 Å². The minimum absolute atomic E-state index is 0.643. The van der Waals surface area contributed by atoms with Crippen LogP contribution in [-0.2, 0) is 4.57 Å². The molecule has 1 atom stereocenters. The summed E-state index contributed by atoms with van der Waals surface area (Å²) in [5, 5.41) is 2.78. The molecule has 0 spiro atoms. The van der Waals surface area contributed by atoms with Crippen molar-refractivity contribution in [3.8, 4) is 0 Å². The minimum Gasteiger partial charge on any atom is -0.271 e. The van der Waals surface area contributed by atoms with Crippen molar-refractivity contribution in [1.82, 2.24) is 9.76 Å². The van der Waals surface area contributed by atoms with Gasteiger partial charge in [-0.3, -0.25) is 10.1 Å². The predicted octanol–water partition coefficient (Wildman–Crippen LogP) is 1.00. The molecule has 0 saturated heterocycles. The van der Waals surface area contributed by atoms with Crippen molar-refractivity contribution in [3.05, 3.63) is 0 Å². The lowest BCUT2D eigenvalue weighted by molar-refractivity contribution is 0.433. The van der Waals surface area contributed by atoms with Crippen LogP contribution in [0.15, 0.2) is 0 Å². The van der Waals surface area contributed by atoms with E-state index in [2.05, 4.69) is 5.09 Å². The van der Waals surface area contributed by atoms with Gasteiger partial charge in [0.05, 0.1) is 0 Å². The molecule has 0 amide bonds. The number of nitrogens with one attached hydrogen (secondary N) is 1. The van der Waals surface area contributed by atoms with Crippen molar-refractivity contribution in [2.75, 3.05) is 19.6 Å². The fraction of sp³-hybridized carbons (Fsp3) is 1.00. The van der Waals surface area contributed by atoms with Crippen LogP contribution in [0.4, 0.5) is 0 Å². The van der Waals surface area contributed by atoms with Crippen LogP contribution >= 0.6 is 7.59 Å². The van der Waals surface area contributed by atoms with Crippen LogP contribution in [0.3, 0.4) is 0 Å². The molecule has 0 heterocycles. The number of rotatable bonds is 5. The Morgan fingerprint density at radius 3 is 2.09 bits per heavy atom. The molecule has 0 aromatic carbocycles. The fourth-order valence-corrected chi connectivity index (χ4v) is 2.46. The summed E-state index contributed by atoms with van der Waals surface area (Å²) >= 11 is 0. The van der Waals surface area contributed by atoms with E-state index in [1.165, 1.54) is 0 Å². The molecule has 11 heavy (non-hydrogen) atoms. The Morgan fingerprint density at radius 2 is 1.82 bits per heavy atom. The average Bonchev–Trinajstić information content (AvgIpc) is 1.89. The molecule has 4 nitrogen and oxygen atoms in total. The van der Waals surface area contributed by atoms with Gasteiger partial charge >= 0.3 is 0 Å². The number of nitrogens with zero attached hydrogens (tertiary/aromatic N) is 1. The standard InChI is InChI=1S/C6H18N3OP/c1-4-8-11(7,10)9(5-2)6-3/h4-6H2,1-3H3,(H3,7,8,10). The van der Waals surface area contributed by atoms with Crippen LogP contribution in [0.5, 0.6) is 0 Å². The molecule has 0 aromatic heterocycles. The molecule has 0 bridgehead atoms. The number of hydrogen-bond acceptors (Lipinski definition) is 1. The highest BCUT2D eigenvalue weighted by atomic mass is 31.2. The second kappa shape index (κ2) is 4.88. The molecule has 0 aliphatic carbocycles. The van der Waals surface area contributed by atoms with E-state index in [1.807, 2.05) is 20.8 Å². The van der Waals surface area contributed by atoms with Gasteiger partial charge < -0.3 is 0 Å². The molecule has 0 aromatic rings. The van der Waals surface area contributed by atoms with E-state index in [9.17, 15) is 4.57 Å². The first-order valence-corrected chi connectivity index (χ1v) is 5.70. The molecular formula is C6H18N3OP. The van der Waals surface area contributed by atoms with Crippen molar-refractivity contribution in [2.24, 2.45) is 5.50 Å². The first kappa shape index (κ1) is 11.1. The maximum Gasteiger partial charge on any atom is 0.278 e. The van der Waals surface area contributed by atoms with Crippen molar-refractivity contribution < 1.29 is 4.57 Å². The van der Waals surface area contributed by atoms with Gasteiger partial charge in [0.15, 0.2) is 0 Å². The van der Waals surface area contributed by atoms with Crippen molar-refractivity contribution in [2.45, 2.75) is 20.8 Å². The normalized spacial score (nSPS) is 16.8. The van der Waals surface area contributed by atoms with Crippen LogP contribution < -0.4 is 10.6 Å². The third-order valence-corrected chi connectivity index (χ3v) is 3.71. The van der Waals surface area contributed by atoms with E-state index >= 15 is 0 Å². The predicted molar refractivity (Wildman–Crippen MR) is 48.4 cm³/mol. The topological polar surface area (TPSA) is 58.4 Å². The quantitative estimate of drug-likeness (QED) is 0.618. The summed E-state index contributed by atoms with van der Waals surface area (Å²) in [5.41, 5.74) is 5.56. The number of nitrogens with two attached hydrogens (primary N) is 1. The Labute approximate surface area is 68.7 Å². The van der Waals surface area contributed by atoms with Gasteiger partial charge in [-0.2, -0.15) is 0 Å². The van der Waals surface area contributed by atoms with Crippen LogP contribution in [0, 0.1) is 0 Å². The molecular weight excluding hydrogens is 161 g/mol. The summed E-state index contributed by atoms with van der Waals surface area (Å²) in [7, 11) is -2.72. The van der Waals surface area contributed by atoms with Gasteiger partial charge in [-0.15, -0.1) is 0 Å². The Balaban J connectivity index is 4.13. The molecule has 3 N–H and O–H groups in total. The van der Waals surface area contributed by atoms with E-state index < -0.39 is 7.59 Å². The molecule has 0 radical (unpaired) electrons. The second-order valence-electron chi connectivity index (χ2n) is 2.27. The largest absolute Gasteiger partial charge is 0.278 e. The first-order chi connectivity index (χ1) is 5.08. The fourth-order valence-electron chi connectivity index (χ4n) is 0.970. The van der Waals surface area contributed by atoms with E-state index in [1.54, 1.807) is 4.67 Å². The first-order valence-electron chi connectivity index (χ1n) is 3.97. The van der Waals surface area contributed by atoms with Gasteiger partial charge in [-0.25, -0.2) is 9.76 Å². The maximum absolute atomic E-state index is 11.6. The molecule has 0 saturated carbocycles. The molecule has 5 heteroatoms. The molecule has 68 valence electrons. The highest BCUT2D eigenvalue weighted by Gasteiger charge is 2.20. The monoisotopic (exact) mass is 179 g/mol. The van der Waals surface area contributed by atoms with E-state index in [0.29, 0.717) is 6.54 Å². The lowest BCUT2D eigenvalue weighted by atomic mass is 10.7. The summed E-state index contributed by atoms with van der Waals surface area (Å²) in [5.74, 6) is 0.